The van der Waals surface area contributed by atoms with E-state index in [1.807, 2.05) is 30.0 Å². The minimum atomic E-state index is -0.612. The van der Waals surface area contributed by atoms with Crippen LogP contribution >= 0.6 is 11.6 Å². The largest absolute Gasteiger partial charge is 0.326 e. The van der Waals surface area contributed by atoms with E-state index in [1.165, 1.54) is 0 Å². The summed E-state index contributed by atoms with van der Waals surface area (Å²) in [5.41, 5.74) is 2.02. The van der Waals surface area contributed by atoms with Crippen LogP contribution in [0.1, 0.15) is 32.3 Å². The van der Waals surface area contributed by atoms with E-state index in [2.05, 4.69) is 5.32 Å². The van der Waals surface area contributed by atoms with Crippen molar-refractivity contribution in [2.45, 2.75) is 33.6 Å². The smallest absolute Gasteiger partial charge is 0.231 e. The van der Waals surface area contributed by atoms with Crippen molar-refractivity contribution >= 4 is 34.8 Å². The highest BCUT2D eigenvalue weighted by atomic mass is 35.5. The minimum absolute atomic E-state index is 0.109. The summed E-state index contributed by atoms with van der Waals surface area (Å²) in [5.74, 6) is 0.318. The lowest BCUT2D eigenvalue weighted by Gasteiger charge is -2.22. The zero-order chi connectivity index (χ0) is 15.6. The molecule has 0 aromatic heterocycles. The Kier molecular flexibility index (Phi) is 4.57. The molecule has 0 aliphatic carbocycles. The molecule has 5 heteroatoms. The predicted octanol–water partition coefficient (Wildman–Crippen LogP) is 3.33. The van der Waals surface area contributed by atoms with Gasteiger partial charge in [0.2, 0.25) is 11.8 Å². The number of hydrogen-bond acceptors (Lipinski definition) is 2. The molecule has 2 rings (SSSR count). The van der Waals surface area contributed by atoms with Crippen LogP contribution < -0.4 is 10.2 Å². The maximum Gasteiger partial charge on any atom is 0.231 e. The van der Waals surface area contributed by atoms with Gasteiger partial charge >= 0.3 is 0 Å². The average molecular weight is 309 g/mol. The zero-order valence-corrected chi connectivity index (χ0v) is 13.5. The van der Waals surface area contributed by atoms with Crippen molar-refractivity contribution in [3.63, 3.8) is 0 Å². The molecule has 1 fully saturated rings. The number of anilines is 2. The van der Waals surface area contributed by atoms with Gasteiger partial charge in [-0.25, -0.2) is 0 Å². The maximum atomic E-state index is 12.1. The maximum absolute atomic E-state index is 12.1. The van der Waals surface area contributed by atoms with Crippen LogP contribution in [-0.4, -0.2) is 24.2 Å². The van der Waals surface area contributed by atoms with E-state index in [-0.39, 0.29) is 17.7 Å². The summed E-state index contributed by atoms with van der Waals surface area (Å²) in [5, 5.41) is 2.88. The van der Waals surface area contributed by atoms with Crippen molar-refractivity contribution in [2.75, 3.05) is 22.6 Å². The topological polar surface area (TPSA) is 49.4 Å². The van der Waals surface area contributed by atoms with Gasteiger partial charge in [0.25, 0.3) is 0 Å². The van der Waals surface area contributed by atoms with Crippen molar-refractivity contribution in [2.24, 2.45) is 5.41 Å². The van der Waals surface area contributed by atoms with E-state index in [9.17, 15) is 9.59 Å². The monoisotopic (exact) mass is 308 g/mol. The highest BCUT2D eigenvalue weighted by Crippen LogP contribution is 2.28. The molecule has 1 saturated heterocycles. The molecule has 1 aromatic rings. The standard InChI is InChI=1S/C16H21ClN2O2/c1-11-9-12(18-15(21)16(2,3)10-17)6-7-13(11)19-8-4-5-14(19)20/h6-7,9H,4-5,8,10H2,1-3H3,(H,18,21). The Morgan fingerprint density at radius 3 is 2.67 bits per heavy atom. The quantitative estimate of drug-likeness (QED) is 0.867. The Morgan fingerprint density at radius 2 is 2.14 bits per heavy atom. The highest BCUT2D eigenvalue weighted by Gasteiger charge is 2.27. The number of carbonyl (C=O) groups excluding carboxylic acids is 2. The average Bonchev–Trinajstić information content (AvgIpc) is 2.85. The van der Waals surface area contributed by atoms with Gasteiger partial charge in [0, 0.05) is 30.2 Å². The first kappa shape index (κ1) is 15.8. The summed E-state index contributed by atoms with van der Waals surface area (Å²) in [6, 6.07) is 5.61. The molecule has 1 N–H and O–H groups in total. The van der Waals surface area contributed by atoms with Gasteiger partial charge in [-0.05, 0) is 51.0 Å². The van der Waals surface area contributed by atoms with Crippen molar-refractivity contribution < 1.29 is 9.59 Å². The van der Waals surface area contributed by atoms with Gasteiger partial charge in [0.1, 0.15) is 0 Å². The fourth-order valence-electron chi connectivity index (χ4n) is 2.30. The molecule has 0 bridgehead atoms. The molecular formula is C16H21ClN2O2. The van der Waals surface area contributed by atoms with Crippen molar-refractivity contribution in [3.8, 4) is 0 Å². The van der Waals surface area contributed by atoms with Gasteiger partial charge in [-0.15, -0.1) is 11.6 Å². The first-order valence-electron chi connectivity index (χ1n) is 7.13. The normalized spacial score (nSPS) is 15.4. The van der Waals surface area contributed by atoms with Gasteiger partial charge in [-0.3, -0.25) is 9.59 Å². The molecule has 1 aliphatic rings. The van der Waals surface area contributed by atoms with E-state index in [4.69, 9.17) is 11.6 Å². The summed E-state index contributed by atoms with van der Waals surface area (Å²) in [6.07, 6.45) is 1.52. The number of halogens is 1. The second-order valence-corrected chi connectivity index (χ2v) is 6.39. The lowest BCUT2D eigenvalue weighted by atomic mass is 9.95. The molecule has 0 atom stereocenters. The number of amides is 2. The van der Waals surface area contributed by atoms with Gasteiger partial charge in [0.15, 0.2) is 0 Å². The number of carbonyl (C=O) groups is 2. The molecule has 1 heterocycles. The van der Waals surface area contributed by atoms with Crippen LogP contribution in [0.25, 0.3) is 0 Å². The van der Waals surface area contributed by atoms with Crippen LogP contribution in [0.2, 0.25) is 0 Å². The van der Waals surface area contributed by atoms with Gasteiger partial charge in [-0.2, -0.15) is 0 Å². The summed E-state index contributed by atoms with van der Waals surface area (Å²) >= 11 is 5.81. The molecule has 21 heavy (non-hydrogen) atoms. The van der Waals surface area contributed by atoms with E-state index in [0.29, 0.717) is 6.42 Å². The molecule has 1 aromatic carbocycles. The number of nitrogens with one attached hydrogen (secondary N) is 1. The van der Waals surface area contributed by atoms with Gasteiger partial charge < -0.3 is 10.2 Å². The second-order valence-electron chi connectivity index (χ2n) is 6.12. The molecule has 0 saturated carbocycles. The molecule has 114 valence electrons. The third kappa shape index (κ3) is 3.38. The Balaban J connectivity index is 2.16. The third-order valence-corrected chi connectivity index (χ3v) is 4.44. The first-order valence-corrected chi connectivity index (χ1v) is 7.67. The molecule has 1 aliphatic heterocycles. The fourth-order valence-corrected chi connectivity index (χ4v) is 2.42. The number of hydrogen-bond donors (Lipinski definition) is 1. The van der Waals surface area contributed by atoms with Gasteiger partial charge in [0.05, 0.1) is 5.41 Å². The lowest BCUT2D eigenvalue weighted by molar-refractivity contribution is -0.123. The lowest BCUT2D eigenvalue weighted by Crippen LogP contribution is -2.32. The Bertz CT molecular complexity index is 569. The summed E-state index contributed by atoms with van der Waals surface area (Å²) in [4.78, 5) is 25.7. The summed E-state index contributed by atoms with van der Waals surface area (Å²) in [6.45, 7) is 6.33. The fraction of sp³-hybridized carbons (Fsp3) is 0.500. The Hall–Kier alpha value is -1.55. The molecule has 0 spiro atoms. The number of benzene rings is 1. The first-order chi connectivity index (χ1) is 9.85. The second kappa shape index (κ2) is 6.06. The summed E-state index contributed by atoms with van der Waals surface area (Å²) in [7, 11) is 0. The Labute approximate surface area is 130 Å². The van der Waals surface area contributed by atoms with E-state index < -0.39 is 5.41 Å². The molecule has 0 radical (unpaired) electrons. The number of alkyl halides is 1. The van der Waals surface area contributed by atoms with Crippen LogP contribution in [0.3, 0.4) is 0 Å². The minimum Gasteiger partial charge on any atom is -0.326 e. The van der Waals surface area contributed by atoms with Crippen LogP contribution in [0.15, 0.2) is 18.2 Å². The Morgan fingerprint density at radius 1 is 1.43 bits per heavy atom. The predicted molar refractivity (Wildman–Crippen MR) is 85.9 cm³/mol. The third-order valence-electron chi connectivity index (χ3n) is 3.77. The number of nitrogens with zero attached hydrogens (tertiary/aromatic N) is 1. The SMILES string of the molecule is Cc1cc(NC(=O)C(C)(C)CCl)ccc1N1CCCC1=O. The summed E-state index contributed by atoms with van der Waals surface area (Å²) < 4.78 is 0. The molecule has 4 nitrogen and oxygen atoms in total. The molecule has 2 amide bonds. The van der Waals surface area contributed by atoms with Crippen LogP contribution in [0.5, 0.6) is 0 Å². The number of rotatable bonds is 4. The van der Waals surface area contributed by atoms with Crippen LogP contribution in [0, 0.1) is 12.3 Å². The van der Waals surface area contributed by atoms with Crippen LogP contribution in [-0.2, 0) is 9.59 Å². The number of aryl methyl sites for hydroxylation is 1. The molecule has 0 unspecified atom stereocenters. The van der Waals surface area contributed by atoms with Crippen molar-refractivity contribution in [1.82, 2.24) is 0 Å². The van der Waals surface area contributed by atoms with Crippen LogP contribution in [0.4, 0.5) is 11.4 Å². The van der Waals surface area contributed by atoms with Crippen molar-refractivity contribution in [1.29, 1.82) is 0 Å². The highest BCUT2D eigenvalue weighted by molar-refractivity contribution is 6.20. The van der Waals surface area contributed by atoms with E-state index >= 15 is 0 Å². The van der Waals surface area contributed by atoms with Gasteiger partial charge in [-0.1, -0.05) is 0 Å². The van der Waals surface area contributed by atoms with E-state index in [0.717, 1.165) is 29.9 Å². The molecular weight excluding hydrogens is 288 g/mol. The van der Waals surface area contributed by atoms with E-state index in [1.54, 1.807) is 13.8 Å². The van der Waals surface area contributed by atoms with Crippen molar-refractivity contribution in [3.05, 3.63) is 23.8 Å². The zero-order valence-electron chi connectivity index (χ0n) is 12.7.